The summed E-state index contributed by atoms with van der Waals surface area (Å²) in [5.41, 5.74) is 4.94. The lowest BCUT2D eigenvalue weighted by atomic mass is 9.97. The Morgan fingerprint density at radius 3 is 2.90 bits per heavy atom. The Balaban J connectivity index is 2.05. The Morgan fingerprint density at radius 1 is 1.14 bits per heavy atom. The van der Waals surface area contributed by atoms with Crippen molar-refractivity contribution >= 4 is 22.5 Å². The third-order valence-corrected chi connectivity index (χ3v) is 4.32. The molecule has 0 bridgehead atoms. The van der Waals surface area contributed by atoms with Crippen LogP contribution in [-0.2, 0) is 13.0 Å². The monoisotopic (exact) mass is 300 g/mol. The van der Waals surface area contributed by atoms with Crippen LogP contribution in [0.3, 0.4) is 0 Å². The van der Waals surface area contributed by atoms with E-state index in [0.29, 0.717) is 10.5 Å². The highest BCUT2D eigenvalue weighted by atomic mass is 35.5. The van der Waals surface area contributed by atoms with Gasteiger partial charge in [0.15, 0.2) is 0 Å². The third kappa shape index (κ3) is 2.04. The minimum Gasteiger partial charge on any atom is -0.356 e. The third-order valence-electron chi connectivity index (χ3n) is 4.09. The van der Waals surface area contributed by atoms with E-state index >= 15 is 0 Å². The van der Waals surface area contributed by atoms with E-state index in [0.717, 1.165) is 41.7 Å². The van der Waals surface area contributed by atoms with E-state index in [1.165, 1.54) is 11.6 Å². The van der Waals surface area contributed by atoms with Gasteiger partial charge in [0.1, 0.15) is 5.82 Å². The Bertz CT molecular complexity index is 838. The molecule has 2 heterocycles. The van der Waals surface area contributed by atoms with Gasteiger partial charge >= 0.3 is 0 Å². The number of hydrogen-bond donors (Lipinski definition) is 2. The van der Waals surface area contributed by atoms with E-state index < -0.39 is 0 Å². The van der Waals surface area contributed by atoms with Gasteiger partial charge in [0.2, 0.25) is 0 Å². The Kier molecular flexibility index (Phi) is 2.98. The molecule has 2 nitrogen and oxygen atoms in total. The van der Waals surface area contributed by atoms with Crippen LogP contribution in [0, 0.1) is 5.82 Å². The number of halogens is 2. The van der Waals surface area contributed by atoms with Crippen LogP contribution in [0.15, 0.2) is 36.4 Å². The smallest absolute Gasteiger partial charge is 0.147 e. The van der Waals surface area contributed by atoms with Crippen molar-refractivity contribution in [2.24, 2.45) is 0 Å². The van der Waals surface area contributed by atoms with Crippen molar-refractivity contribution in [3.05, 3.63) is 58.5 Å². The summed E-state index contributed by atoms with van der Waals surface area (Å²) in [4.78, 5) is 3.26. The molecule has 21 heavy (non-hydrogen) atoms. The summed E-state index contributed by atoms with van der Waals surface area (Å²) in [5.74, 6) is -0.204. The Hall–Kier alpha value is -1.84. The molecule has 0 atom stereocenters. The molecule has 106 valence electrons. The minimum atomic E-state index is -0.204. The first-order chi connectivity index (χ1) is 10.2. The molecule has 1 aliphatic heterocycles. The number of H-pyrrole nitrogens is 1. The molecule has 0 saturated carbocycles. The zero-order chi connectivity index (χ0) is 14.4. The highest BCUT2D eigenvalue weighted by Crippen LogP contribution is 2.36. The lowest BCUT2D eigenvalue weighted by Crippen LogP contribution is -2.22. The molecule has 2 N–H and O–H groups in total. The molecule has 0 amide bonds. The van der Waals surface area contributed by atoms with Crippen LogP contribution >= 0.6 is 11.6 Å². The highest BCUT2D eigenvalue weighted by Gasteiger charge is 2.20. The van der Waals surface area contributed by atoms with Crippen LogP contribution in [0.5, 0.6) is 0 Å². The summed E-state index contributed by atoms with van der Waals surface area (Å²) in [5, 5.41) is 5.02. The standard InChI is InChI=1S/C17H14ClFN2/c18-11-3-1-2-10(8-11)12-4-5-14(19)17-16(12)13-9-20-7-6-15(13)21-17/h1-5,8,20-21H,6-7,9H2. The van der Waals surface area contributed by atoms with Crippen molar-refractivity contribution in [2.75, 3.05) is 6.54 Å². The van der Waals surface area contributed by atoms with E-state index in [9.17, 15) is 4.39 Å². The molecular weight excluding hydrogens is 287 g/mol. The number of nitrogens with one attached hydrogen (secondary N) is 2. The van der Waals surface area contributed by atoms with E-state index in [4.69, 9.17) is 11.6 Å². The van der Waals surface area contributed by atoms with E-state index in [-0.39, 0.29) is 5.82 Å². The maximum Gasteiger partial charge on any atom is 0.147 e. The zero-order valence-electron chi connectivity index (χ0n) is 11.3. The second-order valence-electron chi connectivity index (χ2n) is 5.36. The average molecular weight is 301 g/mol. The van der Waals surface area contributed by atoms with Gasteiger partial charge in [-0.05, 0) is 34.9 Å². The number of benzene rings is 2. The molecule has 0 aliphatic carbocycles. The van der Waals surface area contributed by atoms with Crippen molar-refractivity contribution in [1.29, 1.82) is 0 Å². The van der Waals surface area contributed by atoms with Gasteiger partial charge < -0.3 is 10.3 Å². The molecule has 4 heteroatoms. The van der Waals surface area contributed by atoms with Crippen LogP contribution in [0.4, 0.5) is 4.39 Å². The fourth-order valence-corrected chi connectivity index (χ4v) is 3.31. The van der Waals surface area contributed by atoms with Crippen molar-refractivity contribution < 1.29 is 4.39 Å². The fraction of sp³-hybridized carbons (Fsp3) is 0.176. The molecule has 1 aliphatic rings. The van der Waals surface area contributed by atoms with Gasteiger partial charge in [-0.15, -0.1) is 0 Å². The predicted octanol–water partition coefficient (Wildman–Crippen LogP) is 4.27. The van der Waals surface area contributed by atoms with Crippen molar-refractivity contribution in [3.63, 3.8) is 0 Å². The normalized spacial score (nSPS) is 14.4. The lowest BCUT2D eigenvalue weighted by Gasteiger charge is -2.14. The van der Waals surface area contributed by atoms with Gasteiger partial charge in [-0.2, -0.15) is 0 Å². The second-order valence-corrected chi connectivity index (χ2v) is 5.80. The second kappa shape index (κ2) is 4.86. The molecule has 0 fully saturated rings. The van der Waals surface area contributed by atoms with Gasteiger partial charge in [-0.3, -0.25) is 0 Å². The van der Waals surface area contributed by atoms with Gasteiger partial charge in [0.25, 0.3) is 0 Å². The summed E-state index contributed by atoms with van der Waals surface area (Å²) in [7, 11) is 0. The van der Waals surface area contributed by atoms with Gasteiger partial charge in [-0.1, -0.05) is 29.8 Å². The fourth-order valence-electron chi connectivity index (χ4n) is 3.12. The molecule has 4 rings (SSSR count). The average Bonchev–Trinajstić information content (AvgIpc) is 2.88. The largest absolute Gasteiger partial charge is 0.356 e. The van der Waals surface area contributed by atoms with Crippen molar-refractivity contribution in [2.45, 2.75) is 13.0 Å². The molecule has 0 spiro atoms. The Labute approximate surface area is 126 Å². The molecule has 0 radical (unpaired) electrons. The summed E-state index contributed by atoms with van der Waals surface area (Å²) in [6.07, 6.45) is 0.901. The summed E-state index contributed by atoms with van der Waals surface area (Å²) in [6, 6.07) is 11.1. The number of rotatable bonds is 1. The topological polar surface area (TPSA) is 27.8 Å². The summed E-state index contributed by atoms with van der Waals surface area (Å²) in [6.45, 7) is 1.69. The van der Waals surface area contributed by atoms with Crippen molar-refractivity contribution in [1.82, 2.24) is 10.3 Å². The molecular formula is C17H14ClFN2. The molecule has 2 aromatic carbocycles. The number of hydrogen-bond acceptors (Lipinski definition) is 1. The number of aromatic amines is 1. The van der Waals surface area contributed by atoms with E-state index in [2.05, 4.69) is 10.3 Å². The number of aromatic nitrogens is 1. The maximum atomic E-state index is 14.2. The van der Waals surface area contributed by atoms with Crippen LogP contribution in [0.1, 0.15) is 11.3 Å². The van der Waals surface area contributed by atoms with Crippen molar-refractivity contribution in [3.8, 4) is 11.1 Å². The zero-order valence-corrected chi connectivity index (χ0v) is 12.1. The summed E-state index contributed by atoms with van der Waals surface area (Å²) >= 11 is 6.10. The first-order valence-corrected chi connectivity index (χ1v) is 7.40. The Morgan fingerprint density at radius 2 is 2.05 bits per heavy atom. The highest BCUT2D eigenvalue weighted by molar-refractivity contribution is 6.30. The van der Waals surface area contributed by atoms with E-state index in [1.807, 2.05) is 30.3 Å². The van der Waals surface area contributed by atoms with Crippen LogP contribution < -0.4 is 5.32 Å². The SMILES string of the molecule is Fc1ccc(-c2cccc(Cl)c2)c2c3c([nH]c12)CCNC3. The quantitative estimate of drug-likeness (QED) is 0.690. The van der Waals surface area contributed by atoms with E-state index in [1.54, 1.807) is 0 Å². The number of fused-ring (bicyclic) bond motifs is 3. The van der Waals surface area contributed by atoms with Crippen LogP contribution in [0.25, 0.3) is 22.0 Å². The maximum absolute atomic E-state index is 14.2. The molecule has 0 unspecified atom stereocenters. The molecule has 3 aromatic rings. The molecule has 0 saturated heterocycles. The first kappa shape index (κ1) is 12.9. The predicted molar refractivity (Wildman–Crippen MR) is 84.1 cm³/mol. The van der Waals surface area contributed by atoms with Crippen LogP contribution in [0.2, 0.25) is 5.02 Å². The van der Waals surface area contributed by atoms with Gasteiger partial charge in [0, 0.05) is 35.6 Å². The summed E-state index contributed by atoms with van der Waals surface area (Å²) < 4.78 is 14.2. The van der Waals surface area contributed by atoms with Gasteiger partial charge in [-0.25, -0.2) is 4.39 Å². The lowest BCUT2D eigenvalue weighted by molar-refractivity contribution is 0.633. The van der Waals surface area contributed by atoms with Gasteiger partial charge in [0.05, 0.1) is 5.52 Å². The van der Waals surface area contributed by atoms with Crippen LogP contribution in [-0.4, -0.2) is 11.5 Å². The first-order valence-electron chi connectivity index (χ1n) is 7.02. The minimum absolute atomic E-state index is 0.204. The molecule has 1 aromatic heterocycles.